The van der Waals surface area contributed by atoms with Gasteiger partial charge in [-0.25, -0.2) is 9.78 Å². The molecule has 0 spiro atoms. The zero-order valence-electron chi connectivity index (χ0n) is 17.6. The molecule has 4 rings (SSSR count). The maximum absolute atomic E-state index is 13.1. The van der Waals surface area contributed by atoms with E-state index in [9.17, 15) is 9.59 Å². The summed E-state index contributed by atoms with van der Waals surface area (Å²) in [6.07, 6.45) is 5.95. The molecule has 0 aliphatic heterocycles. The van der Waals surface area contributed by atoms with Crippen molar-refractivity contribution in [3.63, 3.8) is 0 Å². The average molecular weight is 424 g/mol. The van der Waals surface area contributed by atoms with Crippen LogP contribution in [0.4, 0.5) is 0 Å². The Bertz CT molecular complexity index is 1090. The van der Waals surface area contributed by atoms with E-state index in [-0.39, 0.29) is 18.3 Å². The van der Waals surface area contributed by atoms with Gasteiger partial charge in [0.15, 0.2) is 11.5 Å². The molecule has 1 atom stereocenters. The van der Waals surface area contributed by atoms with Crippen molar-refractivity contribution >= 4 is 11.9 Å². The minimum Gasteiger partial charge on any atom is -0.497 e. The fraction of sp³-hybridized carbons (Fsp3) is 0.364. The zero-order valence-corrected chi connectivity index (χ0v) is 17.6. The smallest absolute Gasteiger partial charge is 0.330 e. The molecule has 31 heavy (non-hydrogen) atoms. The lowest BCUT2D eigenvalue weighted by Gasteiger charge is -2.20. The molecule has 9 heteroatoms. The number of aryl methyl sites for hydroxylation is 1. The van der Waals surface area contributed by atoms with Crippen molar-refractivity contribution in [1.82, 2.24) is 20.0 Å². The van der Waals surface area contributed by atoms with Crippen molar-refractivity contribution in [2.24, 2.45) is 0 Å². The van der Waals surface area contributed by atoms with Gasteiger partial charge in [-0.05, 0) is 44.4 Å². The van der Waals surface area contributed by atoms with Gasteiger partial charge in [-0.15, -0.1) is 0 Å². The molecule has 0 unspecified atom stereocenters. The lowest BCUT2D eigenvalue weighted by Crippen LogP contribution is -2.45. The van der Waals surface area contributed by atoms with E-state index in [1.165, 1.54) is 0 Å². The molecule has 9 nitrogen and oxygen atoms in total. The number of ether oxygens (including phenoxy) is 2. The van der Waals surface area contributed by atoms with Crippen LogP contribution in [0.15, 0.2) is 41.4 Å². The lowest BCUT2D eigenvalue weighted by atomic mass is 9.89. The van der Waals surface area contributed by atoms with E-state index in [1.807, 2.05) is 18.2 Å². The second-order valence-electron chi connectivity index (χ2n) is 7.63. The first-order chi connectivity index (χ1) is 15.0. The molecule has 162 valence electrons. The van der Waals surface area contributed by atoms with Gasteiger partial charge in [-0.1, -0.05) is 11.2 Å². The van der Waals surface area contributed by atoms with Crippen LogP contribution in [0, 0.1) is 0 Å². The molecule has 3 aromatic rings. The maximum atomic E-state index is 13.1. The van der Waals surface area contributed by atoms with Crippen LogP contribution in [0.1, 0.15) is 35.5 Å². The molecule has 1 aromatic carbocycles. The van der Waals surface area contributed by atoms with Crippen LogP contribution >= 0.6 is 0 Å². The third-order valence-corrected chi connectivity index (χ3v) is 5.10. The predicted molar refractivity (Wildman–Crippen MR) is 111 cm³/mol. The summed E-state index contributed by atoms with van der Waals surface area (Å²) in [7, 11) is 1.60. The molecule has 2 aromatic heterocycles. The quantitative estimate of drug-likeness (QED) is 0.580. The van der Waals surface area contributed by atoms with Gasteiger partial charge in [-0.3, -0.25) is 4.79 Å². The minimum absolute atomic E-state index is 0.177. The van der Waals surface area contributed by atoms with Gasteiger partial charge >= 0.3 is 5.97 Å². The number of hydrogen-bond acceptors (Lipinski definition) is 7. The Hall–Kier alpha value is -3.62. The maximum Gasteiger partial charge on any atom is 0.330 e. The summed E-state index contributed by atoms with van der Waals surface area (Å²) >= 11 is 0. The highest BCUT2D eigenvalue weighted by atomic mass is 16.5. The molecule has 0 saturated carbocycles. The fourth-order valence-corrected chi connectivity index (χ4v) is 3.63. The van der Waals surface area contributed by atoms with Gasteiger partial charge in [0.25, 0.3) is 5.91 Å². The predicted octanol–water partition coefficient (Wildman–Crippen LogP) is 2.40. The first-order valence-electron chi connectivity index (χ1n) is 10.1. The van der Waals surface area contributed by atoms with E-state index >= 15 is 0 Å². The zero-order chi connectivity index (χ0) is 22.0. The summed E-state index contributed by atoms with van der Waals surface area (Å²) in [5, 5.41) is 6.77. The number of carbonyl (C=O) groups excluding carboxylic acids is 2. The summed E-state index contributed by atoms with van der Waals surface area (Å²) in [4.78, 5) is 29.6. The number of imidazole rings is 1. The normalized spacial score (nSPS) is 13.3. The van der Waals surface area contributed by atoms with Gasteiger partial charge in [0, 0.05) is 23.5 Å². The van der Waals surface area contributed by atoms with Gasteiger partial charge in [0.2, 0.25) is 0 Å². The molecule has 0 radical (unpaired) electrons. The number of benzene rings is 1. The van der Waals surface area contributed by atoms with Crippen molar-refractivity contribution in [3.05, 3.63) is 53.7 Å². The van der Waals surface area contributed by atoms with Crippen LogP contribution in [0.5, 0.6) is 5.75 Å². The average Bonchev–Trinajstić information content (AvgIpc) is 3.42. The highest BCUT2D eigenvalue weighted by Crippen LogP contribution is 2.37. The van der Waals surface area contributed by atoms with Crippen LogP contribution in [0.2, 0.25) is 0 Å². The van der Waals surface area contributed by atoms with E-state index in [1.54, 1.807) is 44.2 Å². The molecule has 1 amide bonds. The summed E-state index contributed by atoms with van der Waals surface area (Å²) < 4.78 is 17.9. The third kappa shape index (κ3) is 4.30. The van der Waals surface area contributed by atoms with Gasteiger partial charge in [-0.2, -0.15) is 0 Å². The number of carbonyl (C=O) groups is 2. The molecule has 0 saturated heterocycles. The largest absolute Gasteiger partial charge is 0.497 e. The number of amides is 1. The minimum atomic E-state index is -0.896. The Kier molecular flexibility index (Phi) is 5.75. The summed E-state index contributed by atoms with van der Waals surface area (Å²) in [5.74, 6) is 0.249. The monoisotopic (exact) mass is 424 g/mol. The Morgan fingerprint density at radius 3 is 2.84 bits per heavy atom. The number of nitrogens with zero attached hydrogens (tertiary/aromatic N) is 3. The van der Waals surface area contributed by atoms with Gasteiger partial charge in [0.1, 0.15) is 11.8 Å². The topological polar surface area (TPSA) is 108 Å². The molecule has 1 N–H and O–H groups in total. The van der Waals surface area contributed by atoms with E-state index in [0.717, 1.165) is 23.1 Å². The van der Waals surface area contributed by atoms with E-state index in [4.69, 9.17) is 14.0 Å². The Morgan fingerprint density at radius 2 is 2.13 bits per heavy atom. The van der Waals surface area contributed by atoms with Crippen LogP contribution in [-0.2, 0) is 28.9 Å². The number of hydrogen-bond donors (Lipinski definition) is 1. The van der Waals surface area contributed by atoms with E-state index in [2.05, 4.69) is 15.5 Å². The molecule has 1 aliphatic rings. The number of rotatable bonds is 7. The highest BCUT2D eigenvalue weighted by molar-refractivity contribution is 5.98. The third-order valence-electron chi connectivity index (χ3n) is 5.10. The Morgan fingerprint density at radius 1 is 1.29 bits per heavy atom. The fourth-order valence-electron chi connectivity index (χ4n) is 3.63. The number of fused-ring (bicyclic) bond motifs is 3. The van der Waals surface area contributed by atoms with Crippen LogP contribution < -0.4 is 10.1 Å². The van der Waals surface area contributed by atoms with Crippen LogP contribution in [0.25, 0.3) is 11.3 Å². The van der Waals surface area contributed by atoms with Gasteiger partial charge < -0.3 is 23.9 Å². The molecular weight excluding hydrogens is 400 g/mol. The Balaban J connectivity index is 1.59. The van der Waals surface area contributed by atoms with Crippen molar-refractivity contribution in [2.75, 3.05) is 7.11 Å². The Labute approximate surface area is 179 Å². The molecule has 1 aliphatic carbocycles. The number of nitrogens with one attached hydrogen (secondary N) is 1. The van der Waals surface area contributed by atoms with Gasteiger partial charge in [0.05, 0.1) is 26.1 Å². The van der Waals surface area contributed by atoms with E-state index in [0.29, 0.717) is 17.9 Å². The molecule has 0 bridgehead atoms. The lowest BCUT2D eigenvalue weighted by molar-refractivity contribution is -0.150. The van der Waals surface area contributed by atoms with Crippen molar-refractivity contribution in [3.8, 4) is 17.1 Å². The molecular formula is C22H24N4O5. The van der Waals surface area contributed by atoms with Crippen LogP contribution in [-0.4, -0.2) is 45.8 Å². The second kappa shape index (κ2) is 8.63. The van der Waals surface area contributed by atoms with Crippen LogP contribution in [0.3, 0.4) is 0 Å². The molecule has 0 fully saturated rings. The SMILES string of the molecule is COc1ccc2c(c1)-c1onc(C(=O)N[C@@H](Cn3ccnc3)C(=O)OC(C)C)c1CC2. The number of methoxy groups -OCH3 is 1. The van der Waals surface area contributed by atoms with E-state index < -0.39 is 17.9 Å². The van der Waals surface area contributed by atoms with Crippen molar-refractivity contribution in [2.45, 2.75) is 45.4 Å². The highest BCUT2D eigenvalue weighted by Gasteiger charge is 2.31. The van der Waals surface area contributed by atoms with Crippen molar-refractivity contribution < 1.29 is 23.6 Å². The first kappa shape index (κ1) is 20.6. The number of aromatic nitrogens is 3. The second-order valence-corrected chi connectivity index (χ2v) is 7.63. The number of esters is 1. The first-order valence-corrected chi connectivity index (χ1v) is 10.1. The summed E-state index contributed by atoms with van der Waals surface area (Å²) in [5.41, 5.74) is 2.87. The summed E-state index contributed by atoms with van der Waals surface area (Å²) in [6, 6.07) is 4.87. The standard InChI is InChI=1S/C22H24N4O5/c1-13(2)30-22(28)18(11-26-9-8-23-12-26)24-21(27)19-16-7-5-14-4-6-15(29-3)10-17(14)20(16)31-25-19/h4,6,8-10,12-13,18H,5,7,11H2,1-3H3,(H,24,27)/t18-/m0/s1. The summed E-state index contributed by atoms with van der Waals surface area (Å²) in [6.45, 7) is 3.71. The van der Waals surface area contributed by atoms with Crippen molar-refractivity contribution in [1.29, 1.82) is 0 Å². The molecule has 2 heterocycles.